The van der Waals surface area contributed by atoms with E-state index in [1.807, 2.05) is 39.0 Å². The summed E-state index contributed by atoms with van der Waals surface area (Å²) in [5, 5.41) is 5.50. The van der Waals surface area contributed by atoms with E-state index >= 15 is 0 Å². The summed E-state index contributed by atoms with van der Waals surface area (Å²) in [4.78, 5) is 39.9. The van der Waals surface area contributed by atoms with E-state index in [0.717, 1.165) is 29.5 Å². The minimum atomic E-state index is -0.931. The first kappa shape index (κ1) is 26.8. The highest BCUT2D eigenvalue weighted by atomic mass is 32.1. The zero-order valence-corrected chi connectivity index (χ0v) is 20.6. The number of amides is 3. The maximum Gasteiger partial charge on any atom is 0.408 e. The van der Waals surface area contributed by atoms with E-state index in [9.17, 15) is 14.4 Å². The van der Waals surface area contributed by atoms with Crippen molar-refractivity contribution in [2.75, 3.05) is 19.3 Å². The average Bonchev–Trinajstić information content (AvgIpc) is 2.67. The van der Waals surface area contributed by atoms with Gasteiger partial charge < -0.3 is 20.3 Å². The van der Waals surface area contributed by atoms with Crippen molar-refractivity contribution >= 4 is 30.5 Å². The van der Waals surface area contributed by atoms with Crippen molar-refractivity contribution in [2.45, 2.75) is 72.1 Å². The van der Waals surface area contributed by atoms with Crippen molar-refractivity contribution in [1.82, 2.24) is 15.5 Å². The normalized spacial score (nSPS) is 13.2. The first-order valence-corrected chi connectivity index (χ1v) is 11.3. The second-order valence-corrected chi connectivity index (χ2v) is 9.10. The fraction of sp³-hybridized carbons (Fsp3) is 0.609. The summed E-state index contributed by atoms with van der Waals surface area (Å²) < 4.78 is 5.26. The number of unbranched alkanes of at least 4 members (excludes halogenated alkanes) is 1. The lowest BCUT2D eigenvalue weighted by molar-refractivity contribution is -0.140. The van der Waals surface area contributed by atoms with Crippen LogP contribution in [0.3, 0.4) is 0 Å². The minimum absolute atomic E-state index is 0.0688. The van der Waals surface area contributed by atoms with E-state index in [2.05, 4.69) is 23.3 Å². The van der Waals surface area contributed by atoms with Gasteiger partial charge in [-0.1, -0.05) is 37.1 Å². The van der Waals surface area contributed by atoms with Crippen LogP contribution in [-0.4, -0.2) is 53.8 Å². The summed E-state index contributed by atoms with van der Waals surface area (Å²) in [5.41, 5.74) is 1.95. The van der Waals surface area contributed by atoms with E-state index < -0.39 is 29.7 Å². The van der Waals surface area contributed by atoms with Crippen LogP contribution in [0.2, 0.25) is 0 Å². The Morgan fingerprint density at radius 1 is 1.19 bits per heavy atom. The highest BCUT2D eigenvalue weighted by molar-refractivity contribution is 7.80. The number of carbonyl (C=O) groups is 3. The molecule has 31 heavy (non-hydrogen) atoms. The van der Waals surface area contributed by atoms with Gasteiger partial charge in [0.25, 0.3) is 0 Å². The van der Waals surface area contributed by atoms with E-state index in [1.165, 1.54) is 4.90 Å². The quantitative estimate of drug-likeness (QED) is 0.396. The van der Waals surface area contributed by atoms with Gasteiger partial charge in [-0.05, 0) is 52.2 Å². The van der Waals surface area contributed by atoms with Crippen LogP contribution in [0.1, 0.15) is 63.3 Å². The van der Waals surface area contributed by atoms with Crippen LogP contribution < -0.4 is 10.6 Å². The van der Waals surface area contributed by atoms with Crippen LogP contribution in [0.15, 0.2) is 18.2 Å². The molecule has 0 radical (unpaired) electrons. The van der Waals surface area contributed by atoms with E-state index in [1.54, 1.807) is 27.8 Å². The Morgan fingerprint density at radius 2 is 1.84 bits per heavy atom. The summed E-state index contributed by atoms with van der Waals surface area (Å²) in [6.07, 6.45) is 1.09. The second kappa shape index (κ2) is 12.0. The third-order valence-corrected chi connectivity index (χ3v) is 5.08. The first-order chi connectivity index (χ1) is 14.4. The molecule has 8 heteroatoms. The topological polar surface area (TPSA) is 87.7 Å². The molecule has 0 aliphatic heterocycles. The zero-order valence-electron chi connectivity index (χ0n) is 19.7. The standard InChI is InChI=1S/C23H37N3O4S/c1-8-9-12-24-20(27)19(17-13-15(2)10-11-16(17)3)26(7)21(28)18(14-31)25-22(29)30-23(4,5)6/h10-11,13,18-19,31H,8-9,12,14H2,1-7H3,(H,24,27)(H,25,29). The molecule has 0 aliphatic carbocycles. The average molecular weight is 452 g/mol. The Kier molecular flexibility index (Phi) is 10.4. The fourth-order valence-corrected chi connectivity index (χ4v) is 3.32. The molecule has 0 heterocycles. The Hall–Kier alpha value is -2.22. The van der Waals surface area contributed by atoms with Crippen molar-refractivity contribution in [1.29, 1.82) is 0 Å². The lowest BCUT2D eigenvalue weighted by atomic mass is 9.96. The molecule has 2 atom stereocenters. The lowest BCUT2D eigenvalue weighted by Gasteiger charge is -2.32. The van der Waals surface area contributed by atoms with E-state index in [4.69, 9.17) is 4.74 Å². The highest BCUT2D eigenvalue weighted by Crippen LogP contribution is 2.25. The van der Waals surface area contributed by atoms with Crippen LogP contribution in [0, 0.1) is 13.8 Å². The van der Waals surface area contributed by atoms with Crippen molar-refractivity contribution in [3.63, 3.8) is 0 Å². The van der Waals surface area contributed by atoms with Crippen LogP contribution >= 0.6 is 12.6 Å². The van der Waals surface area contributed by atoms with Gasteiger partial charge in [-0.15, -0.1) is 0 Å². The Balaban J connectivity index is 3.18. The molecule has 0 fully saturated rings. The summed E-state index contributed by atoms with van der Waals surface area (Å²) in [6, 6.07) is 4.06. The van der Waals surface area contributed by atoms with Crippen molar-refractivity contribution in [2.24, 2.45) is 0 Å². The maximum atomic E-state index is 13.2. The molecule has 0 bridgehead atoms. The van der Waals surface area contributed by atoms with Crippen LogP contribution in [0.4, 0.5) is 4.79 Å². The molecule has 1 rings (SSSR count). The zero-order chi connectivity index (χ0) is 23.8. The van der Waals surface area contributed by atoms with Gasteiger partial charge in [0.1, 0.15) is 17.7 Å². The Bertz CT molecular complexity index is 777. The lowest BCUT2D eigenvalue weighted by Crippen LogP contribution is -2.52. The molecule has 0 spiro atoms. The van der Waals surface area contributed by atoms with Gasteiger partial charge in [0, 0.05) is 19.3 Å². The molecule has 1 aromatic rings. The molecule has 2 N–H and O–H groups in total. The number of nitrogens with zero attached hydrogens (tertiary/aromatic N) is 1. The smallest absolute Gasteiger partial charge is 0.408 e. The molecule has 3 amide bonds. The third kappa shape index (κ3) is 8.44. The number of nitrogens with one attached hydrogen (secondary N) is 2. The molecule has 0 saturated heterocycles. The summed E-state index contributed by atoms with van der Waals surface area (Å²) >= 11 is 4.23. The number of hydrogen-bond donors (Lipinski definition) is 3. The molecular formula is C23H37N3O4S. The predicted molar refractivity (Wildman–Crippen MR) is 126 cm³/mol. The van der Waals surface area contributed by atoms with E-state index in [0.29, 0.717) is 6.54 Å². The predicted octanol–water partition coefficient (Wildman–Crippen LogP) is 3.54. The van der Waals surface area contributed by atoms with Gasteiger partial charge in [-0.3, -0.25) is 9.59 Å². The van der Waals surface area contributed by atoms with Crippen LogP contribution in [-0.2, 0) is 14.3 Å². The third-order valence-electron chi connectivity index (χ3n) is 4.71. The monoisotopic (exact) mass is 451 g/mol. The summed E-state index contributed by atoms with van der Waals surface area (Å²) in [7, 11) is 1.57. The summed E-state index contributed by atoms with van der Waals surface area (Å²) in [5.74, 6) is -0.607. The SMILES string of the molecule is CCCCNC(=O)C(c1cc(C)ccc1C)N(C)C(=O)C(CS)NC(=O)OC(C)(C)C. The molecule has 0 saturated carbocycles. The Morgan fingerprint density at radius 3 is 2.39 bits per heavy atom. The van der Waals surface area contributed by atoms with Gasteiger partial charge in [-0.2, -0.15) is 12.6 Å². The number of alkyl carbamates (subject to hydrolysis) is 1. The number of aryl methyl sites for hydroxylation is 2. The second-order valence-electron chi connectivity index (χ2n) is 8.74. The number of ether oxygens (including phenoxy) is 1. The number of likely N-dealkylation sites (N-methyl/N-ethyl adjacent to an activating group) is 1. The number of hydrogen-bond acceptors (Lipinski definition) is 5. The van der Waals surface area contributed by atoms with Gasteiger partial charge >= 0.3 is 6.09 Å². The molecular weight excluding hydrogens is 414 g/mol. The number of thiol groups is 1. The first-order valence-electron chi connectivity index (χ1n) is 10.6. The maximum absolute atomic E-state index is 13.2. The van der Waals surface area contributed by atoms with Crippen LogP contribution in [0.25, 0.3) is 0 Å². The molecule has 0 aliphatic rings. The van der Waals surface area contributed by atoms with Gasteiger partial charge in [0.05, 0.1) is 0 Å². The summed E-state index contributed by atoms with van der Waals surface area (Å²) in [6.45, 7) is 11.7. The van der Waals surface area contributed by atoms with Crippen LogP contribution in [0.5, 0.6) is 0 Å². The minimum Gasteiger partial charge on any atom is -0.444 e. The highest BCUT2D eigenvalue weighted by Gasteiger charge is 2.34. The molecule has 0 aromatic heterocycles. The largest absolute Gasteiger partial charge is 0.444 e. The molecule has 174 valence electrons. The van der Waals surface area contributed by atoms with Gasteiger partial charge in [-0.25, -0.2) is 4.79 Å². The number of benzene rings is 1. The van der Waals surface area contributed by atoms with Crippen molar-refractivity contribution < 1.29 is 19.1 Å². The number of rotatable bonds is 9. The molecule has 7 nitrogen and oxygen atoms in total. The van der Waals surface area contributed by atoms with E-state index in [-0.39, 0.29) is 11.7 Å². The fourth-order valence-electron chi connectivity index (χ4n) is 3.07. The van der Waals surface area contributed by atoms with Gasteiger partial charge in [0.15, 0.2) is 0 Å². The van der Waals surface area contributed by atoms with Crippen molar-refractivity contribution in [3.8, 4) is 0 Å². The number of carbonyl (C=O) groups excluding carboxylic acids is 3. The van der Waals surface area contributed by atoms with Crippen molar-refractivity contribution in [3.05, 3.63) is 34.9 Å². The van der Waals surface area contributed by atoms with Gasteiger partial charge in [0.2, 0.25) is 11.8 Å². The molecule has 1 aromatic carbocycles. The Labute approximate surface area is 191 Å². The molecule has 2 unspecified atom stereocenters.